The maximum Gasteiger partial charge on any atom is 0.0739 e. The third-order valence-electron chi connectivity index (χ3n) is 6.08. The highest BCUT2D eigenvalue weighted by atomic mass is 16.3. The lowest BCUT2D eigenvalue weighted by atomic mass is 9.84. The van der Waals surface area contributed by atoms with Crippen molar-refractivity contribution in [1.29, 1.82) is 0 Å². The van der Waals surface area contributed by atoms with Crippen molar-refractivity contribution in [3.63, 3.8) is 0 Å². The molecule has 2 aliphatic rings. The molecule has 0 bridgehead atoms. The Hall–Kier alpha value is -2.04. The first kappa shape index (κ1) is 17.4. The van der Waals surface area contributed by atoms with Gasteiger partial charge in [-0.15, -0.1) is 0 Å². The van der Waals surface area contributed by atoms with E-state index in [0.29, 0.717) is 6.42 Å². The number of nitrogen functional groups attached to an aromatic ring is 1. The zero-order valence-corrected chi connectivity index (χ0v) is 15.8. The van der Waals surface area contributed by atoms with Crippen LogP contribution >= 0.6 is 0 Å². The fourth-order valence-electron chi connectivity index (χ4n) is 4.53. The summed E-state index contributed by atoms with van der Waals surface area (Å²) < 4.78 is 0. The van der Waals surface area contributed by atoms with E-state index in [0.717, 1.165) is 38.3 Å². The standard InChI is InChI=1S/C22H29N3O/c1-15-6-7-16(2)20(12-15)24-8-10-25(11-9-24)21-14-18-17(13-22(21)26)4-3-5-19(18)23/h3-7,12,21-22,26H,8-11,13-14,23H2,1-2H3. The fourth-order valence-corrected chi connectivity index (χ4v) is 4.53. The number of piperazine rings is 1. The van der Waals surface area contributed by atoms with Gasteiger partial charge in [-0.05, 0) is 54.7 Å². The highest BCUT2D eigenvalue weighted by molar-refractivity contribution is 5.55. The number of fused-ring (bicyclic) bond motifs is 1. The van der Waals surface area contributed by atoms with Crippen molar-refractivity contribution in [3.05, 3.63) is 58.7 Å². The Labute approximate surface area is 156 Å². The Morgan fingerprint density at radius 2 is 1.77 bits per heavy atom. The first-order valence-corrected chi connectivity index (χ1v) is 9.63. The van der Waals surface area contributed by atoms with Crippen molar-refractivity contribution in [1.82, 2.24) is 4.90 Å². The second-order valence-corrected chi connectivity index (χ2v) is 7.84. The van der Waals surface area contributed by atoms with Crippen LogP contribution in [0.1, 0.15) is 22.3 Å². The third kappa shape index (κ3) is 3.19. The molecule has 1 fully saturated rings. The summed E-state index contributed by atoms with van der Waals surface area (Å²) in [6.07, 6.45) is 1.26. The Bertz CT molecular complexity index is 796. The maximum absolute atomic E-state index is 10.7. The highest BCUT2D eigenvalue weighted by Gasteiger charge is 2.34. The van der Waals surface area contributed by atoms with Gasteiger partial charge in [-0.25, -0.2) is 0 Å². The third-order valence-corrected chi connectivity index (χ3v) is 6.08. The lowest BCUT2D eigenvalue weighted by molar-refractivity contribution is 0.0397. The Kier molecular flexibility index (Phi) is 4.63. The van der Waals surface area contributed by atoms with Crippen LogP contribution in [0.4, 0.5) is 11.4 Å². The molecule has 0 saturated carbocycles. The molecular weight excluding hydrogens is 322 g/mol. The van der Waals surface area contributed by atoms with Crippen LogP contribution in [0, 0.1) is 13.8 Å². The summed E-state index contributed by atoms with van der Waals surface area (Å²) in [6, 6.07) is 12.9. The largest absolute Gasteiger partial charge is 0.398 e. The summed E-state index contributed by atoms with van der Waals surface area (Å²) in [4.78, 5) is 4.94. The molecule has 0 amide bonds. The molecule has 0 spiro atoms. The lowest BCUT2D eigenvalue weighted by Crippen LogP contribution is -2.56. The first-order chi connectivity index (χ1) is 12.5. The van der Waals surface area contributed by atoms with Crippen LogP contribution in [0.25, 0.3) is 0 Å². The van der Waals surface area contributed by atoms with Gasteiger partial charge < -0.3 is 15.7 Å². The highest BCUT2D eigenvalue weighted by Crippen LogP contribution is 2.30. The predicted octanol–water partition coefficient (Wildman–Crippen LogP) is 2.54. The van der Waals surface area contributed by atoms with Gasteiger partial charge in [0.2, 0.25) is 0 Å². The zero-order chi connectivity index (χ0) is 18.3. The second kappa shape index (κ2) is 6.93. The van der Waals surface area contributed by atoms with Crippen molar-refractivity contribution in [2.45, 2.75) is 38.8 Å². The molecule has 2 aromatic rings. The topological polar surface area (TPSA) is 52.7 Å². The number of hydrogen-bond donors (Lipinski definition) is 2. The number of anilines is 2. The van der Waals surface area contributed by atoms with Crippen LogP contribution in [0.5, 0.6) is 0 Å². The van der Waals surface area contributed by atoms with Gasteiger partial charge in [-0.3, -0.25) is 4.90 Å². The molecule has 3 N–H and O–H groups in total. The van der Waals surface area contributed by atoms with Crippen LogP contribution in [-0.4, -0.2) is 48.3 Å². The van der Waals surface area contributed by atoms with Gasteiger partial charge in [0.05, 0.1) is 6.10 Å². The molecule has 2 aromatic carbocycles. The van der Waals surface area contributed by atoms with E-state index in [1.54, 1.807) is 0 Å². The maximum atomic E-state index is 10.7. The normalized spacial score (nSPS) is 23.7. The summed E-state index contributed by atoms with van der Waals surface area (Å²) in [7, 11) is 0. The van der Waals surface area contributed by atoms with Gasteiger partial charge >= 0.3 is 0 Å². The molecule has 1 saturated heterocycles. The molecule has 1 aliphatic heterocycles. The molecule has 4 heteroatoms. The van der Waals surface area contributed by atoms with Gasteiger partial charge in [-0.1, -0.05) is 24.3 Å². The van der Waals surface area contributed by atoms with Gasteiger partial charge in [-0.2, -0.15) is 0 Å². The number of benzene rings is 2. The van der Waals surface area contributed by atoms with E-state index in [-0.39, 0.29) is 12.1 Å². The molecular formula is C22H29N3O. The molecule has 2 unspecified atom stereocenters. The molecule has 4 rings (SSSR count). The fraction of sp³-hybridized carbons (Fsp3) is 0.455. The summed E-state index contributed by atoms with van der Waals surface area (Å²) in [6.45, 7) is 8.31. The summed E-state index contributed by atoms with van der Waals surface area (Å²) in [5.41, 5.74) is 13.5. The van der Waals surface area contributed by atoms with E-state index in [2.05, 4.69) is 47.9 Å². The summed E-state index contributed by atoms with van der Waals surface area (Å²) in [5.74, 6) is 0. The van der Waals surface area contributed by atoms with E-state index in [1.165, 1.54) is 27.9 Å². The van der Waals surface area contributed by atoms with Crippen LogP contribution in [0.15, 0.2) is 36.4 Å². The number of nitrogens with two attached hydrogens (primary N) is 1. The quantitative estimate of drug-likeness (QED) is 0.817. The number of aliphatic hydroxyl groups is 1. The minimum absolute atomic E-state index is 0.174. The minimum atomic E-state index is -0.309. The van der Waals surface area contributed by atoms with Gasteiger partial charge in [0, 0.05) is 50.0 Å². The number of hydrogen-bond acceptors (Lipinski definition) is 4. The Morgan fingerprint density at radius 3 is 2.54 bits per heavy atom. The number of nitrogens with zero attached hydrogens (tertiary/aromatic N) is 2. The molecule has 2 atom stereocenters. The summed E-state index contributed by atoms with van der Waals surface area (Å²) >= 11 is 0. The van der Waals surface area contributed by atoms with E-state index in [1.807, 2.05) is 12.1 Å². The van der Waals surface area contributed by atoms with E-state index in [9.17, 15) is 5.11 Å². The average Bonchev–Trinajstić information content (AvgIpc) is 2.64. The van der Waals surface area contributed by atoms with E-state index in [4.69, 9.17) is 5.73 Å². The van der Waals surface area contributed by atoms with Gasteiger partial charge in [0.15, 0.2) is 0 Å². The average molecular weight is 351 g/mol. The number of aliphatic hydroxyl groups excluding tert-OH is 1. The molecule has 1 heterocycles. The monoisotopic (exact) mass is 351 g/mol. The van der Waals surface area contributed by atoms with Gasteiger partial charge in [0.1, 0.15) is 0 Å². The van der Waals surface area contributed by atoms with Crippen molar-refractivity contribution >= 4 is 11.4 Å². The SMILES string of the molecule is Cc1ccc(C)c(N2CCN(C3Cc4c(N)cccc4CC3O)CC2)c1. The van der Waals surface area contributed by atoms with E-state index >= 15 is 0 Å². The molecule has 138 valence electrons. The first-order valence-electron chi connectivity index (χ1n) is 9.63. The molecule has 1 aliphatic carbocycles. The molecule has 26 heavy (non-hydrogen) atoms. The summed E-state index contributed by atoms with van der Waals surface area (Å²) in [5, 5.41) is 10.7. The van der Waals surface area contributed by atoms with Crippen LogP contribution in [0.2, 0.25) is 0 Å². The van der Waals surface area contributed by atoms with Crippen molar-refractivity contribution in [2.24, 2.45) is 0 Å². The zero-order valence-electron chi connectivity index (χ0n) is 15.8. The Balaban J connectivity index is 1.46. The predicted molar refractivity (Wildman–Crippen MR) is 108 cm³/mol. The van der Waals surface area contributed by atoms with Crippen molar-refractivity contribution < 1.29 is 5.11 Å². The minimum Gasteiger partial charge on any atom is -0.398 e. The molecule has 0 radical (unpaired) electrons. The number of aryl methyl sites for hydroxylation is 2. The van der Waals surface area contributed by atoms with Crippen molar-refractivity contribution in [3.8, 4) is 0 Å². The van der Waals surface area contributed by atoms with Crippen molar-refractivity contribution in [2.75, 3.05) is 36.8 Å². The lowest BCUT2D eigenvalue weighted by Gasteiger charge is -2.44. The van der Waals surface area contributed by atoms with E-state index < -0.39 is 0 Å². The van der Waals surface area contributed by atoms with Crippen LogP contribution in [0.3, 0.4) is 0 Å². The van der Waals surface area contributed by atoms with Crippen LogP contribution in [-0.2, 0) is 12.8 Å². The number of rotatable bonds is 2. The second-order valence-electron chi connectivity index (χ2n) is 7.84. The van der Waals surface area contributed by atoms with Crippen LogP contribution < -0.4 is 10.6 Å². The molecule has 0 aromatic heterocycles. The molecule has 4 nitrogen and oxygen atoms in total. The van der Waals surface area contributed by atoms with Gasteiger partial charge in [0.25, 0.3) is 0 Å². The Morgan fingerprint density at radius 1 is 1.00 bits per heavy atom. The smallest absolute Gasteiger partial charge is 0.0739 e.